The number of hydrogen-bond donors (Lipinski definition) is 1. The summed E-state index contributed by atoms with van der Waals surface area (Å²) in [4.78, 5) is 13.7. The first kappa shape index (κ1) is 18.6. The van der Waals surface area contributed by atoms with Gasteiger partial charge in [0.1, 0.15) is 0 Å². The van der Waals surface area contributed by atoms with E-state index in [-0.39, 0.29) is 5.91 Å². The molecule has 0 saturated carbocycles. The van der Waals surface area contributed by atoms with E-state index in [0.717, 1.165) is 27.2 Å². The zero-order valence-electron chi connectivity index (χ0n) is 15.1. The molecule has 0 aliphatic heterocycles. The third kappa shape index (κ3) is 4.56. The molecule has 0 saturated heterocycles. The van der Waals surface area contributed by atoms with Gasteiger partial charge in [-0.3, -0.25) is 4.79 Å². The van der Waals surface area contributed by atoms with Crippen molar-refractivity contribution in [3.8, 4) is 0 Å². The second-order valence-electron chi connectivity index (χ2n) is 6.46. The van der Waals surface area contributed by atoms with Crippen LogP contribution in [-0.2, 0) is 5.75 Å². The maximum atomic E-state index is 12.5. The molecule has 0 radical (unpaired) electrons. The van der Waals surface area contributed by atoms with Gasteiger partial charge in [-0.1, -0.05) is 54.1 Å². The van der Waals surface area contributed by atoms with Crippen LogP contribution in [0.5, 0.6) is 0 Å². The Morgan fingerprint density at radius 2 is 1.54 bits per heavy atom. The summed E-state index contributed by atoms with van der Waals surface area (Å²) in [5.41, 5.74) is 2.61. The van der Waals surface area contributed by atoms with E-state index in [1.165, 1.54) is 10.5 Å². The highest BCUT2D eigenvalue weighted by molar-refractivity contribution is 7.98. The van der Waals surface area contributed by atoms with Crippen LogP contribution in [0.2, 0.25) is 5.02 Å². The predicted octanol–water partition coefficient (Wildman–Crippen LogP) is 7.04. The summed E-state index contributed by atoms with van der Waals surface area (Å²) >= 11 is 7.66. The molecule has 0 fully saturated rings. The largest absolute Gasteiger partial charge is 0.322 e. The van der Waals surface area contributed by atoms with Crippen molar-refractivity contribution >= 4 is 45.7 Å². The predicted molar refractivity (Wildman–Crippen MR) is 119 cm³/mol. The quantitative estimate of drug-likeness (QED) is 0.362. The van der Waals surface area contributed by atoms with Gasteiger partial charge in [0.25, 0.3) is 5.91 Å². The highest BCUT2D eigenvalue weighted by atomic mass is 35.5. The topological polar surface area (TPSA) is 29.1 Å². The van der Waals surface area contributed by atoms with Gasteiger partial charge < -0.3 is 5.32 Å². The average molecular weight is 404 g/mol. The molecule has 4 rings (SSSR count). The number of hydrogen-bond acceptors (Lipinski definition) is 2. The Balaban J connectivity index is 1.39. The molecule has 0 unspecified atom stereocenters. The SMILES string of the molecule is O=C(Nc1ccc2ccccc2c1)c1ccc(CSc2ccc(Cl)cc2)cc1. The van der Waals surface area contributed by atoms with Gasteiger partial charge in [0.05, 0.1) is 0 Å². The molecule has 4 aromatic carbocycles. The van der Waals surface area contributed by atoms with Crippen LogP contribution in [0.1, 0.15) is 15.9 Å². The van der Waals surface area contributed by atoms with Crippen LogP contribution >= 0.6 is 23.4 Å². The fourth-order valence-electron chi connectivity index (χ4n) is 2.92. The van der Waals surface area contributed by atoms with E-state index in [4.69, 9.17) is 11.6 Å². The second kappa shape index (κ2) is 8.51. The molecule has 4 heteroatoms. The zero-order chi connectivity index (χ0) is 19.3. The minimum Gasteiger partial charge on any atom is -0.322 e. The number of fused-ring (bicyclic) bond motifs is 1. The first-order valence-electron chi connectivity index (χ1n) is 8.95. The lowest BCUT2D eigenvalue weighted by atomic mass is 10.1. The molecule has 0 bridgehead atoms. The van der Waals surface area contributed by atoms with Crippen LogP contribution in [0, 0.1) is 0 Å². The number of anilines is 1. The molecule has 0 atom stereocenters. The number of nitrogens with one attached hydrogen (secondary N) is 1. The van der Waals surface area contributed by atoms with Crippen molar-refractivity contribution in [2.45, 2.75) is 10.6 Å². The van der Waals surface area contributed by atoms with Gasteiger partial charge >= 0.3 is 0 Å². The molecule has 28 heavy (non-hydrogen) atoms. The van der Waals surface area contributed by atoms with Crippen molar-refractivity contribution in [1.82, 2.24) is 0 Å². The van der Waals surface area contributed by atoms with Gasteiger partial charge in [0.15, 0.2) is 0 Å². The summed E-state index contributed by atoms with van der Waals surface area (Å²) in [6.45, 7) is 0. The second-order valence-corrected chi connectivity index (χ2v) is 7.94. The van der Waals surface area contributed by atoms with E-state index >= 15 is 0 Å². The van der Waals surface area contributed by atoms with E-state index in [9.17, 15) is 4.79 Å². The Morgan fingerprint density at radius 1 is 0.821 bits per heavy atom. The van der Waals surface area contributed by atoms with Crippen LogP contribution in [0.4, 0.5) is 5.69 Å². The van der Waals surface area contributed by atoms with Gasteiger partial charge in [-0.2, -0.15) is 0 Å². The van der Waals surface area contributed by atoms with Crippen molar-refractivity contribution in [2.75, 3.05) is 5.32 Å². The Kier molecular flexibility index (Phi) is 5.65. The van der Waals surface area contributed by atoms with Crippen molar-refractivity contribution in [2.24, 2.45) is 0 Å². The molecule has 0 aromatic heterocycles. The van der Waals surface area contributed by atoms with E-state index in [2.05, 4.69) is 11.4 Å². The van der Waals surface area contributed by atoms with Crippen LogP contribution in [0.3, 0.4) is 0 Å². The first-order valence-corrected chi connectivity index (χ1v) is 10.3. The highest BCUT2D eigenvalue weighted by Crippen LogP contribution is 2.25. The van der Waals surface area contributed by atoms with Crippen molar-refractivity contribution in [3.05, 3.63) is 107 Å². The normalized spacial score (nSPS) is 10.8. The van der Waals surface area contributed by atoms with Crippen molar-refractivity contribution in [1.29, 1.82) is 0 Å². The molecule has 4 aromatic rings. The third-order valence-electron chi connectivity index (χ3n) is 4.44. The lowest BCUT2D eigenvalue weighted by Crippen LogP contribution is -2.11. The summed E-state index contributed by atoms with van der Waals surface area (Å²) in [5, 5.41) is 5.98. The van der Waals surface area contributed by atoms with E-state index in [1.54, 1.807) is 11.8 Å². The smallest absolute Gasteiger partial charge is 0.255 e. The maximum Gasteiger partial charge on any atom is 0.255 e. The van der Waals surface area contributed by atoms with Gasteiger partial charge in [-0.05, 0) is 64.9 Å². The van der Waals surface area contributed by atoms with E-state index < -0.39 is 0 Å². The standard InChI is InChI=1S/C24H18ClNOS/c25-21-10-13-23(14-11-21)28-16-17-5-7-19(8-6-17)24(27)26-22-12-9-18-3-1-2-4-20(18)15-22/h1-15H,16H2,(H,26,27). The highest BCUT2D eigenvalue weighted by Gasteiger charge is 2.07. The van der Waals surface area contributed by atoms with Gasteiger partial charge in [-0.25, -0.2) is 0 Å². The number of halogens is 1. The van der Waals surface area contributed by atoms with Gasteiger partial charge in [0, 0.05) is 26.9 Å². The van der Waals surface area contributed by atoms with Crippen molar-refractivity contribution in [3.63, 3.8) is 0 Å². The lowest BCUT2D eigenvalue weighted by Gasteiger charge is -2.08. The monoisotopic (exact) mass is 403 g/mol. The number of carbonyl (C=O) groups is 1. The van der Waals surface area contributed by atoms with E-state index in [1.807, 2.05) is 84.9 Å². The Hall–Kier alpha value is -2.75. The minimum absolute atomic E-state index is 0.104. The molecule has 2 nitrogen and oxygen atoms in total. The minimum atomic E-state index is -0.104. The van der Waals surface area contributed by atoms with E-state index in [0.29, 0.717) is 5.56 Å². The van der Waals surface area contributed by atoms with Gasteiger partial charge in [-0.15, -0.1) is 11.8 Å². The summed E-state index contributed by atoms with van der Waals surface area (Å²) < 4.78 is 0. The van der Waals surface area contributed by atoms with Crippen LogP contribution in [0.15, 0.2) is 95.9 Å². The average Bonchev–Trinajstić information content (AvgIpc) is 2.73. The lowest BCUT2D eigenvalue weighted by molar-refractivity contribution is 0.102. The summed E-state index contributed by atoms with van der Waals surface area (Å²) in [5.74, 6) is 0.737. The Morgan fingerprint density at radius 3 is 2.29 bits per heavy atom. The molecule has 138 valence electrons. The fraction of sp³-hybridized carbons (Fsp3) is 0.0417. The summed E-state index contributed by atoms with van der Waals surface area (Å²) in [6.07, 6.45) is 0. The van der Waals surface area contributed by atoms with Crippen LogP contribution in [0.25, 0.3) is 10.8 Å². The Labute approximate surface area is 173 Å². The maximum absolute atomic E-state index is 12.5. The molecular weight excluding hydrogens is 386 g/mol. The Bertz CT molecular complexity index is 1110. The summed E-state index contributed by atoms with van der Waals surface area (Å²) in [6, 6.07) is 29.6. The molecule has 0 aliphatic carbocycles. The molecule has 0 aliphatic rings. The molecule has 1 amide bonds. The van der Waals surface area contributed by atoms with Crippen LogP contribution in [-0.4, -0.2) is 5.91 Å². The molecule has 1 N–H and O–H groups in total. The van der Waals surface area contributed by atoms with Gasteiger partial charge in [0.2, 0.25) is 0 Å². The number of carbonyl (C=O) groups excluding carboxylic acids is 1. The fourth-order valence-corrected chi connectivity index (χ4v) is 3.90. The van der Waals surface area contributed by atoms with Crippen molar-refractivity contribution < 1.29 is 4.79 Å². The number of amides is 1. The third-order valence-corrected chi connectivity index (χ3v) is 5.78. The molecular formula is C24H18ClNOS. The first-order chi connectivity index (χ1) is 13.7. The molecule has 0 heterocycles. The number of rotatable bonds is 5. The zero-order valence-corrected chi connectivity index (χ0v) is 16.6. The van der Waals surface area contributed by atoms with Crippen LogP contribution < -0.4 is 5.32 Å². The number of thioether (sulfide) groups is 1. The molecule has 0 spiro atoms. The number of benzene rings is 4. The summed E-state index contributed by atoms with van der Waals surface area (Å²) in [7, 11) is 0.